The zero-order valence-electron chi connectivity index (χ0n) is 5.75. The standard InChI is InChI=1S/C3H13O4PSi/c1-9(2,3)7-8(4,5)6/h4-6,8H,1-3H3. The summed E-state index contributed by atoms with van der Waals surface area (Å²) in [5.74, 6) is 0. The maximum absolute atomic E-state index is 8.42. The fourth-order valence-corrected chi connectivity index (χ4v) is 3.70. The van der Waals surface area contributed by atoms with Crippen LogP contribution in [0.25, 0.3) is 0 Å². The van der Waals surface area contributed by atoms with E-state index < -0.39 is 16.5 Å². The molecular formula is C3H13O4PSi. The summed E-state index contributed by atoms with van der Waals surface area (Å²) in [5.41, 5.74) is 0. The van der Waals surface area contributed by atoms with E-state index in [4.69, 9.17) is 14.7 Å². The predicted octanol–water partition coefficient (Wildman–Crippen LogP) is 0.225. The first-order valence-electron chi connectivity index (χ1n) is 2.58. The molecule has 0 atom stereocenters. The molecule has 0 aromatic rings. The van der Waals surface area contributed by atoms with Gasteiger partial charge in [0.05, 0.1) is 0 Å². The maximum atomic E-state index is 8.42. The van der Waals surface area contributed by atoms with E-state index in [1.807, 2.05) is 0 Å². The van der Waals surface area contributed by atoms with Gasteiger partial charge >= 0.3 is 55.0 Å². The Hall–Kier alpha value is 0.487. The third-order valence-electron chi connectivity index (χ3n) is 0.443. The van der Waals surface area contributed by atoms with Crippen molar-refractivity contribution in [2.75, 3.05) is 0 Å². The van der Waals surface area contributed by atoms with Gasteiger partial charge in [-0.3, -0.25) is 0 Å². The van der Waals surface area contributed by atoms with Gasteiger partial charge in [0, 0.05) is 0 Å². The van der Waals surface area contributed by atoms with Gasteiger partial charge in [0.2, 0.25) is 0 Å². The first kappa shape index (κ1) is 9.49. The third-order valence-corrected chi connectivity index (χ3v) is 3.99. The molecule has 0 unspecified atom stereocenters. The summed E-state index contributed by atoms with van der Waals surface area (Å²) in [6.07, 6.45) is 0. The van der Waals surface area contributed by atoms with Crippen molar-refractivity contribution in [3.63, 3.8) is 0 Å². The average molecular weight is 172 g/mol. The SMILES string of the molecule is C[Si](C)(C)O[PH](O)(O)O. The number of rotatable bonds is 2. The van der Waals surface area contributed by atoms with E-state index in [9.17, 15) is 0 Å². The molecule has 0 aliphatic heterocycles. The van der Waals surface area contributed by atoms with Gasteiger partial charge in [0.1, 0.15) is 0 Å². The van der Waals surface area contributed by atoms with E-state index >= 15 is 0 Å². The van der Waals surface area contributed by atoms with Crippen molar-refractivity contribution in [2.45, 2.75) is 19.6 Å². The molecular weight excluding hydrogens is 159 g/mol. The van der Waals surface area contributed by atoms with E-state index in [1.54, 1.807) is 19.6 Å². The molecule has 0 rings (SSSR count). The summed E-state index contributed by atoms with van der Waals surface area (Å²) in [5, 5.41) is 0. The molecule has 0 bridgehead atoms. The van der Waals surface area contributed by atoms with E-state index in [1.165, 1.54) is 0 Å². The molecule has 0 aromatic heterocycles. The second kappa shape index (κ2) is 2.62. The summed E-state index contributed by atoms with van der Waals surface area (Å²) < 4.78 is 4.57. The minimum absolute atomic E-state index is 1.76. The van der Waals surface area contributed by atoms with Crippen LogP contribution in [-0.2, 0) is 4.21 Å². The molecule has 0 aliphatic rings. The van der Waals surface area contributed by atoms with Gasteiger partial charge < -0.3 is 0 Å². The average Bonchev–Trinajstić information content (AvgIpc) is 1.14. The van der Waals surface area contributed by atoms with Gasteiger partial charge in [0.15, 0.2) is 0 Å². The van der Waals surface area contributed by atoms with Gasteiger partial charge in [0.25, 0.3) is 0 Å². The van der Waals surface area contributed by atoms with Crippen LogP contribution in [0, 0.1) is 0 Å². The van der Waals surface area contributed by atoms with Gasteiger partial charge in [-0.1, -0.05) is 0 Å². The topological polar surface area (TPSA) is 69.9 Å². The third kappa shape index (κ3) is 8.49. The first-order chi connectivity index (χ1) is 3.71. The van der Waals surface area contributed by atoms with E-state index in [-0.39, 0.29) is 0 Å². The molecule has 0 aliphatic carbocycles. The molecule has 0 saturated heterocycles. The molecule has 0 heterocycles. The first-order valence-corrected chi connectivity index (χ1v) is 7.74. The van der Waals surface area contributed by atoms with Crippen LogP contribution in [0.2, 0.25) is 19.6 Å². The zero-order chi connectivity index (χ0) is 7.71. The van der Waals surface area contributed by atoms with Gasteiger partial charge in [-0.15, -0.1) is 0 Å². The van der Waals surface area contributed by atoms with Crippen molar-refractivity contribution in [1.29, 1.82) is 0 Å². The van der Waals surface area contributed by atoms with Gasteiger partial charge in [-0.25, -0.2) is 0 Å². The van der Waals surface area contributed by atoms with Crippen LogP contribution in [0.15, 0.2) is 0 Å². The molecule has 0 spiro atoms. The zero-order valence-corrected chi connectivity index (χ0v) is 7.75. The van der Waals surface area contributed by atoms with Crippen LogP contribution >= 0.6 is 8.17 Å². The molecule has 0 radical (unpaired) electrons. The number of hydrogen-bond acceptors (Lipinski definition) is 4. The monoisotopic (exact) mass is 172 g/mol. The summed E-state index contributed by atoms with van der Waals surface area (Å²) in [6, 6.07) is 0. The number of hydrogen-bond donors (Lipinski definition) is 3. The molecule has 0 amide bonds. The Bertz CT molecular complexity index is 81.0. The van der Waals surface area contributed by atoms with Crippen molar-refractivity contribution in [1.82, 2.24) is 0 Å². The van der Waals surface area contributed by atoms with E-state index in [2.05, 4.69) is 4.21 Å². The van der Waals surface area contributed by atoms with Crippen LogP contribution in [0.1, 0.15) is 0 Å². The van der Waals surface area contributed by atoms with Crippen molar-refractivity contribution in [3.8, 4) is 0 Å². The molecule has 0 saturated carbocycles. The second-order valence-electron chi connectivity index (χ2n) is 2.79. The molecule has 6 heteroatoms. The van der Waals surface area contributed by atoms with Crippen LogP contribution in [0.5, 0.6) is 0 Å². The Morgan fingerprint density at radius 1 is 1.11 bits per heavy atom. The van der Waals surface area contributed by atoms with Crippen molar-refractivity contribution in [3.05, 3.63) is 0 Å². The van der Waals surface area contributed by atoms with Crippen LogP contribution in [-0.4, -0.2) is 23.0 Å². The second-order valence-corrected chi connectivity index (χ2v) is 8.98. The van der Waals surface area contributed by atoms with Gasteiger partial charge in [-0.05, 0) is 0 Å². The Kier molecular flexibility index (Phi) is 2.76. The summed E-state index contributed by atoms with van der Waals surface area (Å²) in [6.45, 7) is 5.28. The summed E-state index contributed by atoms with van der Waals surface area (Å²) in [4.78, 5) is 25.2. The van der Waals surface area contributed by atoms with Gasteiger partial charge in [-0.2, -0.15) is 0 Å². The minimum atomic E-state index is -4.23. The molecule has 58 valence electrons. The van der Waals surface area contributed by atoms with Crippen LogP contribution in [0.4, 0.5) is 0 Å². The van der Waals surface area contributed by atoms with E-state index in [0.717, 1.165) is 0 Å². The van der Waals surface area contributed by atoms with Crippen LogP contribution in [0.3, 0.4) is 0 Å². The Morgan fingerprint density at radius 2 is 1.44 bits per heavy atom. The normalized spacial score (nSPS) is 15.8. The fourth-order valence-electron chi connectivity index (χ4n) is 0.411. The fraction of sp³-hybridized carbons (Fsp3) is 1.00. The van der Waals surface area contributed by atoms with Crippen molar-refractivity contribution >= 4 is 16.5 Å². The molecule has 0 fully saturated rings. The molecule has 4 nitrogen and oxygen atoms in total. The Labute approximate surface area is 55.9 Å². The summed E-state index contributed by atoms with van der Waals surface area (Å²) >= 11 is 0. The van der Waals surface area contributed by atoms with Crippen molar-refractivity contribution < 1.29 is 18.9 Å². The summed E-state index contributed by atoms with van der Waals surface area (Å²) in [7, 11) is -6.21. The molecule has 3 N–H and O–H groups in total. The van der Waals surface area contributed by atoms with Crippen molar-refractivity contribution in [2.24, 2.45) is 0 Å². The molecule has 0 aromatic carbocycles. The molecule has 9 heavy (non-hydrogen) atoms. The van der Waals surface area contributed by atoms with Crippen LogP contribution < -0.4 is 0 Å². The Morgan fingerprint density at radius 3 is 1.44 bits per heavy atom. The quantitative estimate of drug-likeness (QED) is 0.412. The predicted molar refractivity (Wildman–Crippen MR) is 39.4 cm³/mol. The van der Waals surface area contributed by atoms with E-state index in [0.29, 0.717) is 0 Å². The Balaban J connectivity index is 3.75.